The number of nitrogens with one attached hydrogen (secondary N) is 1. The zero-order valence-corrected chi connectivity index (χ0v) is 11.3. The van der Waals surface area contributed by atoms with Crippen LogP contribution in [0.4, 0.5) is 0 Å². The quantitative estimate of drug-likeness (QED) is 0.351. The van der Waals surface area contributed by atoms with E-state index in [1.54, 1.807) is 0 Å². The van der Waals surface area contributed by atoms with E-state index in [9.17, 15) is 15.0 Å². The first-order valence-electron chi connectivity index (χ1n) is 6.49. The molecule has 1 amide bonds. The first kappa shape index (κ1) is 14.4. The highest BCUT2D eigenvalue weighted by atomic mass is 16.6. The van der Waals surface area contributed by atoms with Crippen LogP contribution in [0.5, 0.6) is 0 Å². The molecular weight excluding hydrogens is 282 g/mol. The molecule has 3 rings (SSSR count). The summed E-state index contributed by atoms with van der Waals surface area (Å²) in [5.41, 5.74) is 5.91. The molecule has 0 aromatic rings. The van der Waals surface area contributed by atoms with E-state index < -0.39 is 42.8 Å². The number of nitrogens with zero attached hydrogens (tertiary/aromatic N) is 3. The molecule has 3 aliphatic rings. The predicted molar refractivity (Wildman–Crippen MR) is 70.1 cm³/mol. The number of hydrogen-bond donors (Lipinski definition) is 5. The van der Waals surface area contributed by atoms with Crippen molar-refractivity contribution in [1.82, 2.24) is 10.2 Å². The molecule has 0 bridgehead atoms. The SMILES string of the molecule is CC1(N)N=C2C(=NCN2[C@@H]2O[C@H](CO)[C@@H](O)[C@H]2O)C(=O)N1. The lowest BCUT2D eigenvalue weighted by Crippen LogP contribution is -2.61. The van der Waals surface area contributed by atoms with E-state index in [-0.39, 0.29) is 18.2 Å². The standard InChI is InChI=1S/C11H17N5O5/c1-11(12)14-8-5(9(20)15-11)13-3-16(8)10-7(19)6(18)4(2-17)21-10/h4,6-7,10,17-19H,2-3,12H2,1H3,(H,15,20)/t4-,6-,7-,10-,11?/m1/s1. The Balaban J connectivity index is 1.89. The van der Waals surface area contributed by atoms with E-state index in [4.69, 9.17) is 15.6 Å². The van der Waals surface area contributed by atoms with Gasteiger partial charge in [0.05, 0.1) is 6.61 Å². The number of carbonyl (C=O) groups is 1. The monoisotopic (exact) mass is 299 g/mol. The zero-order chi connectivity index (χ0) is 15.4. The van der Waals surface area contributed by atoms with Crippen LogP contribution < -0.4 is 11.1 Å². The summed E-state index contributed by atoms with van der Waals surface area (Å²) >= 11 is 0. The topological polar surface area (TPSA) is 153 Å². The van der Waals surface area contributed by atoms with Crippen LogP contribution >= 0.6 is 0 Å². The molecule has 116 valence electrons. The number of nitrogens with two attached hydrogens (primary N) is 1. The summed E-state index contributed by atoms with van der Waals surface area (Å²) in [5, 5.41) is 31.4. The van der Waals surface area contributed by atoms with Crippen molar-refractivity contribution < 1.29 is 24.9 Å². The van der Waals surface area contributed by atoms with Crippen LogP contribution in [0.15, 0.2) is 9.98 Å². The number of amidine groups is 1. The molecule has 10 nitrogen and oxygen atoms in total. The van der Waals surface area contributed by atoms with E-state index in [0.29, 0.717) is 0 Å². The first-order chi connectivity index (χ1) is 9.84. The molecular formula is C11H17N5O5. The van der Waals surface area contributed by atoms with Gasteiger partial charge in [-0.1, -0.05) is 0 Å². The van der Waals surface area contributed by atoms with Crippen molar-refractivity contribution in [2.24, 2.45) is 15.7 Å². The Labute approximate surface area is 119 Å². The summed E-state index contributed by atoms with van der Waals surface area (Å²) < 4.78 is 5.42. The molecule has 1 fully saturated rings. The molecule has 3 aliphatic heterocycles. The van der Waals surface area contributed by atoms with Gasteiger partial charge in [-0.3, -0.25) is 15.5 Å². The normalized spacial score (nSPS) is 42.5. The smallest absolute Gasteiger partial charge is 0.276 e. The van der Waals surface area contributed by atoms with Gasteiger partial charge in [-0.05, 0) is 6.92 Å². The Kier molecular flexibility index (Phi) is 3.22. The van der Waals surface area contributed by atoms with Crippen molar-refractivity contribution in [1.29, 1.82) is 0 Å². The van der Waals surface area contributed by atoms with Gasteiger partial charge in [0.2, 0.25) is 0 Å². The number of rotatable bonds is 2. The van der Waals surface area contributed by atoms with Gasteiger partial charge >= 0.3 is 0 Å². The number of aliphatic hydroxyl groups is 3. The number of fused-ring (bicyclic) bond motifs is 1. The Morgan fingerprint density at radius 2 is 2.24 bits per heavy atom. The Morgan fingerprint density at radius 3 is 2.86 bits per heavy atom. The summed E-state index contributed by atoms with van der Waals surface area (Å²) in [6.07, 6.45) is -4.35. The van der Waals surface area contributed by atoms with Gasteiger partial charge in [-0.25, -0.2) is 4.99 Å². The summed E-state index contributed by atoms with van der Waals surface area (Å²) in [6, 6.07) is 0. The highest BCUT2D eigenvalue weighted by Crippen LogP contribution is 2.27. The third-order valence-electron chi connectivity index (χ3n) is 3.61. The van der Waals surface area contributed by atoms with E-state index in [0.717, 1.165) is 0 Å². The minimum atomic E-state index is -1.29. The fraction of sp³-hybridized carbons (Fsp3) is 0.727. The molecule has 10 heteroatoms. The fourth-order valence-corrected chi connectivity index (χ4v) is 2.59. The predicted octanol–water partition coefficient (Wildman–Crippen LogP) is -3.70. The van der Waals surface area contributed by atoms with Crippen LogP contribution in [0.25, 0.3) is 0 Å². The number of aliphatic hydroxyl groups excluding tert-OH is 3. The lowest BCUT2D eigenvalue weighted by molar-refractivity contribution is -0.116. The number of hydrogen-bond acceptors (Lipinski definition) is 9. The van der Waals surface area contributed by atoms with Crippen LogP contribution in [0.1, 0.15) is 6.92 Å². The van der Waals surface area contributed by atoms with Gasteiger partial charge in [-0.15, -0.1) is 0 Å². The maximum atomic E-state index is 11.9. The second-order valence-corrected chi connectivity index (χ2v) is 5.38. The van der Waals surface area contributed by atoms with E-state index in [2.05, 4.69) is 15.3 Å². The summed E-state index contributed by atoms with van der Waals surface area (Å²) in [5.74, 6) is -1.54. The molecule has 21 heavy (non-hydrogen) atoms. The van der Waals surface area contributed by atoms with Crippen molar-refractivity contribution in [2.75, 3.05) is 13.3 Å². The van der Waals surface area contributed by atoms with Crippen molar-refractivity contribution >= 4 is 17.5 Å². The van der Waals surface area contributed by atoms with E-state index in [1.165, 1.54) is 11.8 Å². The Bertz CT molecular complexity index is 533. The maximum absolute atomic E-state index is 11.9. The maximum Gasteiger partial charge on any atom is 0.276 e. The van der Waals surface area contributed by atoms with Crippen molar-refractivity contribution in [3.05, 3.63) is 0 Å². The number of amides is 1. The fourth-order valence-electron chi connectivity index (χ4n) is 2.59. The van der Waals surface area contributed by atoms with Gasteiger partial charge < -0.3 is 30.3 Å². The highest BCUT2D eigenvalue weighted by Gasteiger charge is 2.49. The number of ether oxygens (including phenoxy) is 1. The largest absolute Gasteiger partial charge is 0.394 e. The molecule has 0 saturated carbocycles. The highest BCUT2D eigenvalue weighted by molar-refractivity contribution is 6.67. The number of carbonyl (C=O) groups excluding carboxylic acids is 1. The van der Waals surface area contributed by atoms with Crippen LogP contribution in [0.2, 0.25) is 0 Å². The lowest BCUT2D eigenvalue weighted by atomic mass is 10.1. The zero-order valence-electron chi connectivity index (χ0n) is 11.3. The Morgan fingerprint density at radius 1 is 1.52 bits per heavy atom. The molecule has 3 heterocycles. The minimum Gasteiger partial charge on any atom is -0.394 e. The van der Waals surface area contributed by atoms with Crippen LogP contribution in [-0.2, 0) is 9.53 Å². The molecule has 1 saturated heterocycles. The van der Waals surface area contributed by atoms with Crippen molar-refractivity contribution in [3.63, 3.8) is 0 Å². The van der Waals surface area contributed by atoms with Crippen molar-refractivity contribution in [2.45, 2.75) is 37.3 Å². The van der Waals surface area contributed by atoms with Gasteiger partial charge in [-0.2, -0.15) is 0 Å². The van der Waals surface area contributed by atoms with Gasteiger partial charge in [0.1, 0.15) is 25.0 Å². The summed E-state index contributed by atoms with van der Waals surface area (Å²) in [6.45, 7) is 1.13. The average Bonchev–Trinajstić information content (AvgIpc) is 2.92. The minimum absolute atomic E-state index is 0.0459. The first-order valence-corrected chi connectivity index (χ1v) is 6.49. The lowest BCUT2D eigenvalue weighted by Gasteiger charge is -2.32. The van der Waals surface area contributed by atoms with Crippen LogP contribution in [0.3, 0.4) is 0 Å². The van der Waals surface area contributed by atoms with Crippen molar-refractivity contribution in [3.8, 4) is 0 Å². The Hall–Kier alpha value is -1.59. The van der Waals surface area contributed by atoms with Crippen LogP contribution in [-0.4, -0.2) is 81.3 Å². The van der Waals surface area contributed by atoms with Gasteiger partial charge in [0.15, 0.2) is 23.6 Å². The molecule has 5 atom stereocenters. The third kappa shape index (κ3) is 2.21. The molecule has 0 radical (unpaired) electrons. The third-order valence-corrected chi connectivity index (χ3v) is 3.61. The average molecular weight is 299 g/mol. The van der Waals surface area contributed by atoms with E-state index >= 15 is 0 Å². The molecule has 1 unspecified atom stereocenters. The molecule has 6 N–H and O–H groups in total. The summed E-state index contributed by atoms with van der Waals surface area (Å²) in [7, 11) is 0. The second-order valence-electron chi connectivity index (χ2n) is 5.38. The molecule has 0 aromatic carbocycles. The van der Waals surface area contributed by atoms with E-state index in [1.807, 2.05) is 0 Å². The molecule has 0 spiro atoms. The van der Waals surface area contributed by atoms with Gasteiger partial charge in [0, 0.05) is 0 Å². The molecule has 0 aliphatic carbocycles. The number of aliphatic imine (C=N–C) groups is 2. The van der Waals surface area contributed by atoms with Gasteiger partial charge in [0.25, 0.3) is 5.91 Å². The van der Waals surface area contributed by atoms with Crippen LogP contribution in [0, 0.1) is 0 Å². The second kappa shape index (κ2) is 4.71. The summed E-state index contributed by atoms with van der Waals surface area (Å²) in [4.78, 5) is 21.6. The molecule has 0 aromatic heterocycles.